The van der Waals surface area contributed by atoms with Crippen LogP contribution >= 0.6 is 0 Å². The van der Waals surface area contributed by atoms with Gasteiger partial charge in [-0.1, -0.05) is 0 Å². The molecule has 4 N–H and O–H groups in total. The number of hydrogen-bond acceptors (Lipinski definition) is 6. The van der Waals surface area contributed by atoms with Crippen LogP contribution in [0.15, 0.2) is 12.3 Å². The molecule has 0 saturated carbocycles. The van der Waals surface area contributed by atoms with E-state index in [-0.39, 0.29) is 12.2 Å². The molecular weight excluding hydrogens is 272 g/mol. The Kier molecular flexibility index (Phi) is 4.62. The van der Waals surface area contributed by atoms with Crippen LogP contribution < -0.4 is 16.4 Å². The highest BCUT2D eigenvalue weighted by Crippen LogP contribution is 2.27. The Balaban J connectivity index is 2.41. The highest BCUT2D eigenvalue weighted by molar-refractivity contribution is 5.97. The number of ether oxygens (including phenoxy) is 1. The summed E-state index contributed by atoms with van der Waals surface area (Å²) < 4.78 is 5.03. The zero-order valence-electron chi connectivity index (χ0n) is 12.0. The fourth-order valence-corrected chi connectivity index (χ4v) is 2.54. The largest absolute Gasteiger partial charge is 0.462 e. The summed E-state index contributed by atoms with van der Waals surface area (Å²) in [5.41, 5.74) is 11.8. The Morgan fingerprint density at radius 3 is 2.90 bits per heavy atom. The number of amides is 1. The van der Waals surface area contributed by atoms with Crippen LogP contribution in [0, 0.1) is 0 Å². The summed E-state index contributed by atoms with van der Waals surface area (Å²) in [4.78, 5) is 29.7. The maximum atomic E-state index is 12.1. The van der Waals surface area contributed by atoms with Crippen molar-refractivity contribution in [3.63, 3.8) is 0 Å². The van der Waals surface area contributed by atoms with Crippen molar-refractivity contribution in [2.24, 2.45) is 5.73 Å². The zero-order chi connectivity index (χ0) is 15.4. The van der Waals surface area contributed by atoms with Crippen LogP contribution in [0.4, 0.5) is 11.5 Å². The second-order valence-corrected chi connectivity index (χ2v) is 4.97. The Morgan fingerprint density at radius 2 is 2.24 bits per heavy atom. The minimum absolute atomic E-state index is 0.256. The maximum absolute atomic E-state index is 12.1. The molecule has 0 spiro atoms. The molecule has 1 aromatic heterocycles. The van der Waals surface area contributed by atoms with Gasteiger partial charge in [-0.15, -0.1) is 0 Å². The lowest BCUT2D eigenvalue weighted by molar-refractivity contribution is -0.119. The molecule has 1 aliphatic rings. The van der Waals surface area contributed by atoms with E-state index in [0.717, 1.165) is 12.8 Å². The first-order chi connectivity index (χ1) is 10.0. The summed E-state index contributed by atoms with van der Waals surface area (Å²) in [6.07, 6.45) is 3.96. The number of nitrogens with two attached hydrogens (primary N) is 2. The van der Waals surface area contributed by atoms with Gasteiger partial charge in [0.1, 0.15) is 17.4 Å². The summed E-state index contributed by atoms with van der Waals surface area (Å²) in [7, 11) is 0. The fraction of sp³-hybridized carbons (Fsp3) is 0.500. The number of rotatable bonds is 4. The van der Waals surface area contributed by atoms with Gasteiger partial charge in [-0.05, 0) is 32.3 Å². The standard InChI is InChI=1S/C14H20N4O3/c1-2-21-14(20)10-7-9(15)8-17-13(10)18-6-4-3-5-11(18)12(16)19/h7-8,11H,2-6,15H2,1H3,(H2,16,19). The van der Waals surface area contributed by atoms with E-state index in [1.54, 1.807) is 11.8 Å². The maximum Gasteiger partial charge on any atom is 0.341 e. The van der Waals surface area contributed by atoms with Crippen LogP contribution in [0.1, 0.15) is 36.5 Å². The van der Waals surface area contributed by atoms with Crippen LogP contribution in [0.25, 0.3) is 0 Å². The molecule has 1 unspecified atom stereocenters. The first-order valence-electron chi connectivity index (χ1n) is 7.03. The van der Waals surface area contributed by atoms with Gasteiger partial charge in [-0.25, -0.2) is 9.78 Å². The predicted octanol–water partition coefficient (Wildman–Crippen LogP) is 0.685. The number of anilines is 2. The van der Waals surface area contributed by atoms with E-state index in [4.69, 9.17) is 16.2 Å². The third-order valence-electron chi connectivity index (χ3n) is 3.49. The van der Waals surface area contributed by atoms with Gasteiger partial charge in [0.25, 0.3) is 0 Å². The lowest BCUT2D eigenvalue weighted by Crippen LogP contribution is -2.48. The van der Waals surface area contributed by atoms with Crippen molar-refractivity contribution in [1.29, 1.82) is 0 Å². The molecule has 1 fully saturated rings. The van der Waals surface area contributed by atoms with E-state index in [2.05, 4.69) is 4.98 Å². The summed E-state index contributed by atoms with van der Waals surface area (Å²) in [6, 6.07) is 1.07. The van der Waals surface area contributed by atoms with E-state index in [0.29, 0.717) is 24.5 Å². The molecule has 0 aliphatic carbocycles. The summed E-state index contributed by atoms with van der Waals surface area (Å²) >= 11 is 0. The average molecular weight is 292 g/mol. The first-order valence-corrected chi connectivity index (χ1v) is 7.03. The monoisotopic (exact) mass is 292 g/mol. The van der Waals surface area contributed by atoms with Crippen LogP contribution in [0.2, 0.25) is 0 Å². The second-order valence-electron chi connectivity index (χ2n) is 4.97. The van der Waals surface area contributed by atoms with Crippen LogP contribution in [0.5, 0.6) is 0 Å². The van der Waals surface area contributed by atoms with Crippen molar-refractivity contribution in [3.8, 4) is 0 Å². The molecule has 0 radical (unpaired) electrons. The smallest absolute Gasteiger partial charge is 0.341 e. The SMILES string of the molecule is CCOC(=O)c1cc(N)cnc1N1CCCCC1C(N)=O. The summed E-state index contributed by atoms with van der Waals surface area (Å²) in [5.74, 6) is -0.504. The third kappa shape index (κ3) is 3.24. The Labute approximate surface area is 123 Å². The van der Waals surface area contributed by atoms with Crippen molar-refractivity contribution in [1.82, 2.24) is 4.98 Å². The molecular formula is C14H20N4O3. The highest BCUT2D eigenvalue weighted by atomic mass is 16.5. The van der Waals surface area contributed by atoms with Crippen molar-refractivity contribution in [2.75, 3.05) is 23.8 Å². The number of nitrogens with zero attached hydrogens (tertiary/aromatic N) is 2. The van der Waals surface area contributed by atoms with Crippen LogP contribution in [0.3, 0.4) is 0 Å². The number of nitrogen functional groups attached to an aromatic ring is 1. The molecule has 0 aromatic carbocycles. The normalized spacial score (nSPS) is 18.3. The zero-order valence-corrected chi connectivity index (χ0v) is 12.0. The molecule has 0 bridgehead atoms. The molecule has 1 amide bonds. The number of carbonyl (C=O) groups excluding carboxylic acids is 2. The van der Waals surface area contributed by atoms with Crippen molar-refractivity contribution in [2.45, 2.75) is 32.2 Å². The average Bonchev–Trinajstić information content (AvgIpc) is 2.47. The van der Waals surface area contributed by atoms with Crippen molar-refractivity contribution < 1.29 is 14.3 Å². The van der Waals surface area contributed by atoms with E-state index in [9.17, 15) is 9.59 Å². The Bertz CT molecular complexity index is 547. The number of esters is 1. The lowest BCUT2D eigenvalue weighted by Gasteiger charge is -2.35. The molecule has 1 aliphatic heterocycles. The first kappa shape index (κ1) is 15.1. The Hall–Kier alpha value is -2.31. The number of primary amides is 1. The third-order valence-corrected chi connectivity index (χ3v) is 3.49. The molecule has 2 heterocycles. The van der Waals surface area contributed by atoms with Gasteiger partial charge in [-0.3, -0.25) is 4.79 Å². The van der Waals surface area contributed by atoms with Crippen LogP contribution in [-0.2, 0) is 9.53 Å². The lowest BCUT2D eigenvalue weighted by atomic mass is 10.0. The number of hydrogen-bond donors (Lipinski definition) is 2. The molecule has 1 atom stereocenters. The number of pyridine rings is 1. The Morgan fingerprint density at radius 1 is 1.48 bits per heavy atom. The molecule has 7 nitrogen and oxygen atoms in total. The second kappa shape index (κ2) is 6.43. The van der Waals surface area contributed by atoms with Gasteiger partial charge in [0, 0.05) is 6.54 Å². The minimum Gasteiger partial charge on any atom is -0.462 e. The van der Waals surface area contributed by atoms with Crippen molar-refractivity contribution >= 4 is 23.4 Å². The van der Waals surface area contributed by atoms with Gasteiger partial charge >= 0.3 is 5.97 Å². The van der Waals surface area contributed by atoms with Gasteiger partial charge in [0.2, 0.25) is 5.91 Å². The predicted molar refractivity (Wildman–Crippen MR) is 78.8 cm³/mol. The van der Waals surface area contributed by atoms with E-state index in [1.807, 2.05) is 0 Å². The summed E-state index contributed by atoms with van der Waals surface area (Å²) in [6.45, 7) is 2.60. The molecule has 7 heteroatoms. The molecule has 21 heavy (non-hydrogen) atoms. The minimum atomic E-state index is -0.499. The topological polar surface area (TPSA) is 112 Å². The van der Waals surface area contributed by atoms with E-state index < -0.39 is 17.9 Å². The van der Waals surface area contributed by atoms with E-state index in [1.165, 1.54) is 12.3 Å². The molecule has 2 rings (SSSR count). The molecule has 114 valence electrons. The highest BCUT2D eigenvalue weighted by Gasteiger charge is 2.31. The quantitative estimate of drug-likeness (QED) is 0.789. The van der Waals surface area contributed by atoms with E-state index >= 15 is 0 Å². The number of piperidine rings is 1. The molecule has 1 saturated heterocycles. The van der Waals surface area contributed by atoms with Gasteiger partial charge in [0.05, 0.1) is 18.5 Å². The fourth-order valence-electron chi connectivity index (χ4n) is 2.54. The van der Waals surface area contributed by atoms with Crippen LogP contribution in [-0.4, -0.2) is 36.1 Å². The summed E-state index contributed by atoms with van der Waals surface area (Å²) in [5, 5.41) is 0. The van der Waals surface area contributed by atoms with Crippen molar-refractivity contribution in [3.05, 3.63) is 17.8 Å². The van der Waals surface area contributed by atoms with Gasteiger partial charge in [-0.2, -0.15) is 0 Å². The number of carbonyl (C=O) groups is 2. The van der Waals surface area contributed by atoms with Gasteiger partial charge < -0.3 is 21.1 Å². The molecule has 1 aromatic rings. The van der Waals surface area contributed by atoms with Gasteiger partial charge in [0.15, 0.2) is 0 Å². The number of aromatic nitrogens is 1.